The van der Waals surface area contributed by atoms with Crippen molar-refractivity contribution in [3.8, 4) is 0 Å². The SMILES string of the molecule is CCOP(=O)(OCC)c1sc(N)c(C(N)=S)c1C. The molecule has 102 valence electrons. The highest BCUT2D eigenvalue weighted by molar-refractivity contribution is 7.80. The van der Waals surface area contributed by atoms with Gasteiger partial charge in [-0.1, -0.05) is 12.2 Å². The Morgan fingerprint density at radius 2 is 1.89 bits per heavy atom. The van der Waals surface area contributed by atoms with Crippen molar-refractivity contribution in [3.05, 3.63) is 11.1 Å². The van der Waals surface area contributed by atoms with Gasteiger partial charge in [-0.25, -0.2) is 0 Å². The van der Waals surface area contributed by atoms with E-state index in [2.05, 4.69) is 0 Å². The van der Waals surface area contributed by atoms with Gasteiger partial charge in [0, 0.05) is 5.56 Å². The first-order valence-corrected chi connectivity index (χ1v) is 8.22. The van der Waals surface area contributed by atoms with E-state index in [1.54, 1.807) is 20.8 Å². The minimum absolute atomic E-state index is 0.187. The monoisotopic (exact) mass is 308 g/mol. The van der Waals surface area contributed by atoms with E-state index in [0.29, 0.717) is 20.7 Å². The quantitative estimate of drug-likeness (QED) is 0.618. The molecule has 0 spiro atoms. The normalized spacial score (nSPS) is 11.7. The first-order valence-electron chi connectivity index (χ1n) is 5.45. The van der Waals surface area contributed by atoms with Crippen LogP contribution in [0.3, 0.4) is 0 Å². The van der Waals surface area contributed by atoms with Crippen LogP contribution < -0.4 is 16.1 Å². The Hall–Kier alpha value is -0.460. The lowest BCUT2D eigenvalue weighted by Crippen LogP contribution is -2.15. The third kappa shape index (κ3) is 2.92. The number of hydrogen-bond donors (Lipinski definition) is 2. The maximum Gasteiger partial charge on any atom is 0.371 e. The van der Waals surface area contributed by atoms with E-state index in [1.807, 2.05) is 0 Å². The molecule has 0 fully saturated rings. The van der Waals surface area contributed by atoms with Crippen LogP contribution in [0.15, 0.2) is 0 Å². The maximum absolute atomic E-state index is 12.7. The highest BCUT2D eigenvalue weighted by atomic mass is 32.1. The lowest BCUT2D eigenvalue weighted by Gasteiger charge is -2.16. The summed E-state index contributed by atoms with van der Waals surface area (Å²) < 4.78 is 23.7. The topological polar surface area (TPSA) is 87.6 Å². The van der Waals surface area contributed by atoms with Crippen LogP contribution in [-0.4, -0.2) is 18.2 Å². The largest absolute Gasteiger partial charge is 0.390 e. The van der Waals surface area contributed by atoms with Crippen LogP contribution in [0, 0.1) is 6.92 Å². The average Bonchev–Trinajstić information content (AvgIpc) is 2.55. The molecular weight excluding hydrogens is 291 g/mol. The van der Waals surface area contributed by atoms with Crippen molar-refractivity contribution in [1.82, 2.24) is 0 Å². The zero-order chi connectivity index (χ0) is 13.9. The fourth-order valence-corrected chi connectivity index (χ4v) is 5.31. The highest BCUT2D eigenvalue weighted by Gasteiger charge is 2.33. The predicted octanol–water partition coefficient (Wildman–Crippen LogP) is 2.16. The van der Waals surface area contributed by atoms with Crippen LogP contribution in [0.5, 0.6) is 0 Å². The third-order valence-electron chi connectivity index (χ3n) is 2.24. The van der Waals surface area contributed by atoms with Crippen molar-refractivity contribution < 1.29 is 13.6 Å². The van der Waals surface area contributed by atoms with Crippen LogP contribution in [0.4, 0.5) is 5.00 Å². The van der Waals surface area contributed by atoms with Crippen molar-refractivity contribution >= 4 is 45.8 Å². The van der Waals surface area contributed by atoms with Crippen LogP contribution >= 0.6 is 31.2 Å². The van der Waals surface area contributed by atoms with E-state index in [9.17, 15) is 4.57 Å². The van der Waals surface area contributed by atoms with E-state index >= 15 is 0 Å². The lowest BCUT2D eigenvalue weighted by atomic mass is 10.2. The van der Waals surface area contributed by atoms with Gasteiger partial charge >= 0.3 is 7.60 Å². The van der Waals surface area contributed by atoms with Gasteiger partial charge in [-0.3, -0.25) is 4.57 Å². The molecule has 0 saturated heterocycles. The molecule has 0 aromatic carbocycles. The Balaban J connectivity index is 3.35. The van der Waals surface area contributed by atoms with Crippen LogP contribution in [0.2, 0.25) is 0 Å². The van der Waals surface area contributed by atoms with Gasteiger partial charge in [-0.2, -0.15) is 0 Å². The fraction of sp³-hybridized carbons (Fsp3) is 0.500. The molecular formula is C10H17N2O3PS2. The van der Waals surface area contributed by atoms with Gasteiger partial charge in [0.05, 0.1) is 18.2 Å². The van der Waals surface area contributed by atoms with Gasteiger partial charge in [0.1, 0.15) is 9.61 Å². The third-order valence-corrected chi connectivity index (χ3v) is 6.34. The Morgan fingerprint density at radius 1 is 1.39 bits per heavy atom. The number of rotatable bonds is 6. The number of nitrogens with two attached hydrogens (primary N) is 2. The number of anilines is 1. The second-order valence-corrected chi connectivity index (χ2v) is 7.22. The highest BCUT2D eigenvalue weighted by Crippen LogP contribution is 2.51. The molecule has 0 aliphatic rings. The Kier molecular flexibility index (Phi) is 5.31. The summed E-state index contributed by atoms with van der Waals surface area (Å²) >= 11 is 6.09. The molecule has 5 nitrogen and oxygen atoms in total. The first-order chi connectivity index (χ1) is 8.37. The standard InChI is InChI=1S/C10H17N2O3PS2/c1-4-14-16(13,15-5-2)10-6(3)7(8(11)17)9(12)18-10/h4-5,12H2,1-3H3,(H2,11,17). The van der Waals surface area contributed by atoms with E-state index in [4.69, 9.17) is 32.7 Å². The molecule has 0 bridgehead atoms. The van der Waals surface area contributed by atoms with Crippen LogP contribution in [0.25, 0.3) is 0 Å². The van der Waals surface area contributed by atoms with E-state index < -0.39 is 7.60 Å². The molecule has 0 amide bonds. The second-order valence-electron chi connectivity index (χ2n) is 3.47. The smallest absolute Gasteiger partial charge is 0.371 e. The van der Waals surface area contributed by atoms with Gasteiger partial charge < -0.3 is 20.5 Å². The van der Waals surface area contributed by atoms with Gasteiger partial charge in [-0.05, 0) is 26.3 Å². The summed E-state index contributed by atoms with van der Waals surface area (Å²) in [5.74, 6) is 0. The lowest BCUT2D eigenvalue weighted by molar-refractivity contribution is 0.230. The molecule has 18 heavy (non-hydrogen) atoms. The summed E-state index contributed by atoms with van der Waals surface area (Å²) in [6.07, 6.45) is 0. The molecule has 0 aliphatic carbocycles. The average molecular weight is 308 g/mol. The van der Waals surface area contributed by atoms with Crippen molar-refractivity contribution in [2.24, 2.45) is 5.73 Å². The summed E-state index contributed by atoms with van der Waals surface area (Å²) in [7, 11) is -3.33. The molecule has 1 aromatic heterocycles. The molecule has 0 aliphatic heterocycles. The van der Waals surface area contributed by atoms with Crippen LogP contribution in [0.1, 0.15) is 25.0 Å². The zero-order valence-electron chi connectivity index (χ0n) is 10.6. The summed E-state index contributed by atoms with van der Waals surface area (Å²) in [6, 6.07) is 0. The van der Waals surface area contributed by atoms with Gasteiger partial charge in [0.25, 0.3) is 0 Å². The number of nitrogen functional groups attached to an aromatic ring is 1. The maximum atomic E-state index is 12.7. The van der Waals surface area contributed by atoms with Gasteiger partial charge in [0.2, 0.25) is 0 Å². The van der Waals surface area contributed by atoms with Crippen molar-refractivity contribution in [2.45, 2.75) is 20.8 Å². The molecule has 0 atom stereocenters. The Morgan fingerprint density at radius 3 is 2.22 bits per heavy atom. The Bertz CT molecular complexity index is 492. The summed E-state index contributed by atoms with van der Waals surface area (Å²) in [5, 5.41) is 0.439. The summed E-state index contributed by atoms with van der Waals surface area (Å²) in [5.41, 5.74) is 12.7. The van der Waals surface area contributed by atoms with Crippen LogP contribution in [-0.2, 0) is 13.6 Å². The number of thiophene rings is 1. The molecule has 1 rings (SSSR count). The fourth-order valence-electron chi connectivity index (χ4n) is 1.59. The number of thiocarbonyl (C=S) groups is 1. The molecule has 1 heterocycles. The Labute approximate surface area is 116 Å². The van der Waals surface area contributed by atoms with E-state index in [-0.39, 0.29) is 18.2 Å². The molecule has 0 radical (unpaired) electrons. The van der Waals surface area contributed by atoms with Crippen molar-refractivity contribution in [1.29, 1.82) is 0 Å². The van der Waals surface area contributed by atoms with Gasteiger partial charge in [-0.15, -0.1) is 11.3 Å². The summed E-state index contributed by atoms with van der Waals surface area (Å²) in [6.45, 7) is 5.86. The minimum atomic E-state index is -3.33. The first kappa shape index (κ1) is 15.6. The minimum Gasteiger partial charge on any atom is -0.390 e. The van der Waals surface area contributed by atoms with Gasteiger partial charge in [0.15, 0.2) is 0 Å². The van der Waals surface area contributed by atoms with E-state index in [0.717, 1.165) is 11.3 Å². The van der Waals surface area contributed by atoms with Crippen molar-refractivity contribution in [3.63, 3.8) is 0 Å². The van der Waals surface area contributed by atoms with Crippen molar-refractivity contribution in [2.75, 3.05) is 18.9 Å². The number of hydrogen-bond acceptors (Lipinski definition) is 6. The molecule has 8 heteroatoms. The molecule has 0 unspecified atom stereocenters. The second kappa shape index (κ2) is 6.12. The molecule has 4 N–H and O–H groups in total. The molecule has 0 saturated carbocycles. The summed E-state index contributed by atoms with van der Waals surface area (Å²) in [4.78, 5) is 0.187. The predicted molar refractivity (Wildman–Crippen MR) is 79.8 cm³/mol. The van der Waals surface area contributed by atoms with E-state index in [1.165, 1.54) is 0 Å². The molecule has 1 aromatic rings. The zero-order valence-corrected chi connectivity index (χ0v) is 13.1.